The van der Waals surface area contributed by atoms with Crippen molar-refractivity contribution in [3.8, 4) is 0 Å². The zero-order chi connectivity index (χ0) is 12.8. The van der Waals surface area contributed by atoms with Crippen LogP contribution in [0.2, 0.25) is 0 Å². The van der Waals surface area contributed by atoms with Crippen LogP contribution in [0.15, 0.2) is 28.7 Å². The second-order valence-electron chi connectivity index (χ2n) is 4.43. The van der Waals surface area contributed by atoms with Gasteiger partial charge in [0.2, 0.25) is 5.91 Å². The van der Waals surface area contributed by atoms with Crippen LogP contribution in [-0.4, -0.2) is 18.0 Å². The Hall–Kier alpha value is -0.870. The highest BCUT2D eigenvalue weighted by molar-refractivity contribution is 9.10. The van der Waals surface area contributed by atoms with Gasteiger partial charge in [-0.1, -0.05) is 34.1 Å². The first-order valence-electron chi connectivity index (χ1n) is 5.76. The van der Waals surface area contributed by atoms with E-state index < -0.39 is 0 Å². The quantitative estimate of drug-likeness (QED) is 0.846. The molecule has 2 atom stereocenters. The predicted octanol–water partition coefficient (Wildman–Crippen LogP) is 2.23. The fourth-order valence-corrected chi connectivity index (χ4v) is 2.35. The summed E-state index contributed by atoms with van der Waals surface area (Å²) in [4.78, 5) is 10.8. The second-order valence-corrected chi connectivity index (χ2v) is 5.29. The molecule has 4 heteroatoms. The summed E-state index contributed by atoms with van der Waals surface area (Å²) in [6.07, 6.45) is 1.30. The van der Waals surface area contributed by atoms with Gasteiger partial charge in [-0.25, -0.2) is 0 Å². The molecule has 0 fully saturated rings. The minimum Gasteiger partial charge on any atom is -0.370 e. The van der Waals surface area contributed by atoms with Gasteiger partial charge in [0.1, 0.15) is 0 Å². The molecular weight excluding hydrogens is 280 g/mol. The SMILES string of the molecule is C[C@@H](CC(N)=O)N[C@@H](C)Cc1ccccc1Br. The molecule has 0 bridgehead atoms. The molecule has 0 aromatic heterocycles. The van der Waals surface area contributed by atoms with Crippen molar-refractivity contribution < 1.29 is 4.79 Å². The predicted molar refractivity (Wildman–Crippen MR) is 73.7 cm³/mol. The van der Waals surface area contributed by atoms with Crippen LogP contribution in [0.4, 0.5) is 0 Å². The molecule has 94 valence electrons. The number of amides is 1. The normalized spacial score (nSPS) is 14.3. The molecule has 0 aliphatic rings. The number of rotatable bonds is 6. The van der Waals surface area contributed by atoms with Crippen LogP contribution >= 0.6 is 15.9 Å². The number of benzene rings is 1. The molecule has 0 saturated carbocycles. The van der Waals surface area contributed by atoms with Crippen LogP contribution in [0, 0.1) is 0 Å². The van der Waals surface area contributed by atoms with Crippen molar-refractivity contribution in [1.29, 1.82) is 0 Å². The van der Waals surface area contributed by atoms with Crippen molar-refractivity contribution in [2.45, 2.75) is 38.8 Å². The molecule has 17 heavy (non-hydrogen) atoms. The van der Waals surface area contributed by atoms with Crippen LogP contribution in [0.1, 0.15) is 25.8 Å². The summed E-state index contributed by atoms with van der Waals surface area (Å²) in [5.41, 5.74) is 6.42. The Morgan fingerprint density at radius 1 is 1.35 bits per heavy atom. The van der Waals surface area contributed by atoms with E-state index in [1.54, 1.807) is 0 Å². The van der Waals surface area contributed by atoms with E-state index in [0.717, 1.165) is 10.9 Å². The Morgan fingerprint density at radius 2 is 2.00 bits per heavy atom. The number of halogens is 1. The monoisotopic (exact) mass is 298 g/mol. The molecule has 1 rings (SSSR count). The molecule has 3 nitrogen and oxygen atoms in total. The van der Waals surface area contributed by atoms with Gasteiger partial charge in [-0.05, 0) is 31.9 Å². The Morgan fingerprint density at radius 3 is 2.59 bits per heavy atom. The fraction of sp³-hybridized carbons (Fsp3) is 0.462. The Bertz CT molecular complexity index is 381. The van der Waals surface area contributed by atoms with E-state index in [2.05, 4.69) is 34.2 Å². The zero-order valence-electron chi connectivity index (χ0n) is 10.2. The van der Waals surface area contributed by atoms with E-state index in [9.17, 15) is 4.79 Å². The first kappa shape index (κ1) is 14.2. The summed E-state index contributed by atoms with van der Waals surface area (Å²) in [6, 6.07) is 8.59. The Kier molecular flexibility index (Phi) is 5.65. The van der Waals surface area contributed by atoms with Gasteiger partial charge < -0.3 is 11.1 Å². The summed E-state index contributed by atoms with van der Waals surface area (Å²) in [6.45, 7) is 4.08. The molecule has 0 spiro atoms. The highest BCUT2D eigenvalue weighted by atomic mass is 79.9. The topological polar surface area (TPSA) is 55.1 Å². The van der Waals surface area contributed by atoms with E-state index in [-0.39, 0.29) is 11.9 Å². The minimum atomic E-state index is -0.266. The molecule has 0 radical (unpaired) electrons. The van der Waals surface area contributed by atoms with E-state index in [1.807, 2.05) is 25.1 Å². The number of hydrogen-bond donors (Lipinski definition) is 2. The molecule has 1 aromatic carbocycles. The third-order valence-corrected chi connectivity index (χ3v) is 3.33. The Labute approximate surface area is 111 Å². The van der Waals surface area contributed by atoms with E-state index in [1.165, 1.54) is 5.56 Å². The molecule has 0 unspecified atom stereocenters. The van der Waals surface area contributed by atoms with Gasteiger partial charge in [0.15, 0.2) is 0 Å². The van der Waals surface area contributed by atoms with E-state index >= 15 is 0 Å². The third kappa shape index (κ3) is 5.33. The fourth-order valence-electron chi connectivity index (χ4n) is 1.90. The van der Waals surface area contributed by atoms with Crippen LogP contribution < -0.4 is 11.1 Å². The number of hydrogen-bond acceptors (Lipinski definition) is 2. The Balaban J connectivity index is 2.47. The standard InChI is InChI=1S/C13H19BrN2O/c1-9(16-10(2)8-13(15)17)7-11-5-3-4-6-12(11)14/h3-6,9-10,16H,7-8H2,1-2H3,(H2,15,17)/t9-,10-/m0/s1. The maximum Gasteiger partial charge on any atom is 0.218 e. The average molecular weight is 299 g/mol. The lowest BCUT2D eigenvalue weighted by atomic mass is 10.1. The lowest BCUT2D eigenvalue weighted by Crippen LogP contribution is -2.38. The third-order valence-electron chi connectivity index (χ3n) is 2.56. The molecule has 1 amide bonds. The first-order chi connectivity index (χ1) is 7.99. The summed E-state index contributed by atoms with van der Waals surface area (Å²) in [5.74, 6) is -0.266. The number of carbonyl (C=O) groups excluding carboxylic acids is 1. The largest absolute Gasteiger partial charge is 0.370 e. The van der Waals surface area contributed by atoms with Crippen LogP contribution in [0.3, 0.4) is 0 Å². The average Bonchev–Trinajstić information content (AvgIpc) is 2.19. The van der Waals surface area contributed by atoms with Gasteiger partial charge in [-0.15, -0.1) is 0 Å². The van der Waals surface area contributed by atoms with Gasteiger partial charge >= 0.3 is 0 Å². The smallest absolute Gasteiger partial charge is 0.218 e. The van der Waals surface area contributed by atoms with E-state index in [0.29, 0.717) is 12.5 Å². The first-order valence-corrected chi connectivity index (χ1v) is 6.56. The van der Waals surface area contributed by atoms with Crippen LogP contribution in [0.25, 0.3) is 0 Å². The van der Waals surface area contributed by atoms with Gasteiger partial charge in [0, 0.05) is 23.0 Å². The molecular formula is C13H19BrN2O. The van der Waals surface area contributed by atoms with Crippen LogP contribution in [0.5, 0.6) is 0 Å². The lowest BCUT2D eigenvalue weighted by molar-refractivity contribution is -0.118. The number of carbonyl (C=O) groups is 1. The van der Waals surface area contributed by atoms with Crippen molar-refractivity contribution in [3.63, 3.8) is 0 Å². The summed E-state index contributed by atoms with van der Waals surface area (Å²) in [7, 11) is 0. The number of nitrogens with one attached hydrogen (secondary N) is 1. The van der Waals surface area contributed by atoms with Crippen molar-refractivity contribution >= 4 is 21.8 Å². The summed E-state index contributed by atoms with van der Waals surface area (Å²) in [5, 5.41) is 3.37. The molecule has 0 heterocycles. The van der Waals surface area contributed by atoms with Gasteiger partial charge in [-0.3, -0.25) is 4.79 Å². The summed E-state index contributed by atoms with van der Waals surface area (Å²) >= 11 is 3.53. The highest BCUT2D eigenvalue weighted by Gasteiger charge is 2.11. The van der Waals surface area contributed by atoms with Crippen LogP contribution in [-0.2, 0) is 11.2 Å². The maximum absolute atomic E-state index is 10.8. The molecule has 0 aliphatic heterocycles. The second kappa shape index (κ2) is 6.77. The van der Waals surface area contributed by atoms with Crippen molar-refractivity contribution in [1.82, 2.24) is 5.32 Å². The molecule has 0 aliphatic carbocycles. The van der Waals surface area contributed by atoms with Gasteiger partial charge in [0.25, 0.3) is 0 Å². The molecule has 0 saturated heterocycles. The van der Waals surface area contributed by atoms with Crippen molar-refractivity contribution in [2.24, 2.45) is 5.73 Å². The van der Waals surface area contributed by atoms with Gasteiger partial charge in [-0.2, -0.15) is 0 Å². The zero-order valence-corrected chi connectivity index (χ0v) is 11.8. The maximum atomic E-state index is 10.8. The summed E-state index contributed by atoms with van der Waals surface area (Å²) < 4.78 is 1.12. The highest BCUT2D eigenvalue weighted by Crippen LogP contribution is 2.17. The number of nitrogens with two attached hydrogens (primary N) is 1. The number of primary amides is 1. The van der Waals surface area contributed by atoms with Crippen molar-refractivity contribution in [3.05, 3.63) is 34.3 Å². The molecule has 3 N–H and O–H groups in total. The van der Waals surface area contributed by atoms with Gasteiger partial charge in [0.05, 0.1) is 0 Å². The minimum absolute atomic E-state index is 0.116. The van der Waals surface area contributed by atoms with E-state index in [4.69, 9.17) is 5.73 Å². The van der Waals surface area contributed by atoms with Crippen molar-refractivity contribution in [2.75, 3.05) is 0 Å². The molecule has 1 aromatic rings. The lowest BCUT2D eigenvalue weighted by Gasteiger charge is -2.19.